The van der Waals surface area contributed by atoms with Crippen LogP contribution in [-0.4, -0.2) is 68.5 Å². The van der Waals surface area contributed by atoms with Gasteiger partial charge in [-0.25, -0.2) is 0 Å². The molecular formula is C28H40BrN3O5. The van der Waals surface area contributed by atoms with Gasteiger partial charge < -0.3 is 25.4 Å². The van der Waals surface area contributed by atoms with E-state index in [1.54, 1.807) is 12.1 Å². The van der Waals surface area contributed by atoms with Crippen LogP contribution < -0.4 is 10.6 Å². The van der Waals surface area contributed by atoms with Crippen LogP contribution in [-0.2, 0) is 19.1 Å². The van der Waals surface area contributed by atoms with Crippen LogP contribution in [0.15, 0.2) is 30.3 Å². The van der Waals surface area contributed by atoms with Crippen LogP contribution >= 0.6 is 15.9 Å². The van der Waals surface area contributed by atoms with E-state index in [1.807, 2.05) is 39.0 Å². The molecule has 4 rings (SSSR count). The van der Waals surface area contributed by atoms with Gasteiger partial charge in [0.05, 0.1) is 30.6 Å². The number of carbonyl (C=O) groups excluding carboxylic acids is 3. The number of nitrogens with one attached hydrogen (secondary N) is 2. The topological polar surface area (TPSA) is 108 Å². The first-order valence-electron chi connectivity index (χ1n) is 13.2. The van der Waals surface area contributed by atoms with Crippen LogP contribution in [0.2, 0.25) is 0 Å². The van der Waals surface area contributed by atoms with Crippen molar-refractivity contribution in [1.29, 1.82) is 0 Å². The molecule has 9 heteroatoms. The Hall–Kier alpha value is -1.97. The molecule has 1 aromatic rings. The number of hydrogen-bond acceptors (Lipinski definition) is 5. The Labute approximate surface area is 228 Å². The van der Waals surface area contributed by atoms with Crippen LogP contribution in [0, 0.1) is 17.3 Å². The van der Waals surface area contributed by atoms with Crippen molar-refractivity contribution >= 4 is 39.3 Å². The van der Waals surface area contributed by atoms with Gasteiger partial charge in [0, 0.05) is 16.1 Å². The average Bonchev–Trinajstić information content (AvgIpc) is 3.37. The van der Waals surface area contributed by atoms with E-state index in [-0.39, 0.29) is 34.6 Å². The fourth-order valence-corrected chi connectivity index (χ4v) is 7.94. The van der Waals surface area contributed by atoms with E-state index < -0.39 is 41.2 Å². The van der Waals surface area contributed by atoms with Gasteiger partial charge in [0.15, 0.2) is 0 Å². The maximum Gasteiger partial charge on any atom is 0.246 e. The number of alkyl halides is 1. The minimum atomic E-state index is -1.15. The number of ether oxygens (including phenoxy) is 1. The molecule has 1 aromatic carbocycles. The van der Waals surface area contributed by atoms with E-state index >= 15 is 0 Å². The zero-order valence-electron chi connectivity index (χ0n) is 22.6. The van der Waals surface area contributed by atoms with Gasteiger partial charge in [-0.15, -0.1) is 0 Å². The number of halogens is 1. The second kappa shape index (κ2) is 9.97. The summed E-state index contributed by atoms with van der Waals surface area (Å²) in [7, 11) is 0. The molecule has 3 fully saturated rings. The standard InChI is InChI=1S/C28H40BrN3O5/c1-7-17(14-33)32-22(24(35)31-27(5,6)15-26(2,3)4)28-13-18(29)21(37-28)19(20(28)25(32)36)23(34)30-16-11-9-8-10-12-16/h8-12,17-22,33H,7,13-15H2,1-6H3,(H,30,34)(H,31,35)/t17-,18?,19-,20-,21-,22?,28?/m0/s1. The van der Waals surface area contributed by atoms with Crippen molar-refractivity contribution in [2.24, 2.45) is 17.3 Å². The molecule has 3 unspecified atom stereocenters. The Morgan fingerprint density at radius 3 is 2.41 bits per heavy atom. The van der Waals surface area contributed by atoms with Crippen molar-refractivity contribution in [1.82, 2.24) is 10.2 Å². The number of rotatable bonds is 8. The first kappa shape index (κ1) is 28.0. The molecule has 3 heterocycles. The van der Waals surface area contributed by atoms with Crippen molar-refractivity contribution in [3.05, 3.63) is 30.3 Å². The first-order chi connectivity index (χ1) is 17.2. The molecule has 0 aliphatic carbocycles. The van der Waals surface area contributed by atoms with Crippen LogP contribution in [0.1, 0.15) is 60.8 Å². The molecule has 3 saturated heterocycles. The largest absolute Gasteiger partial charge is 0.394 e. The fourth-order valence-electron chi connectivity index (χ4n) is 6.99. The molecule has 0 aromatic heterocycles. The average molecular weight is 579 g/mol. The van der Waals surface area contributed by atoms with Crippen LogP contribution in [0.4, 0.5) is 5.69 Å². The summed E-state index contributed by atoms with van der Waals surface area (Å²) in [5.74, 6) is -2.47. The van der Waals surface area contributed by atoms with Crippen LogP contribution in [0.5, 0.6) is 0 Å². The number of aliphatic hydroxyl groups is 1. The van der Waals surface area contributed by atoms with Gasteiger partial charge in [-0.1, -0.05) is 61.8 Å². The van der Waals surface area contributed by atoms with Crippen LogP contribution in [0.25, 0.3) is 0 Å². The Morgan fingerprint density at radius 2 is 1.84 bits per heavy atom. The number of amides is 3. The Morgan fingerprint density at radius 1 is 1.19 bits per heavy atom. The molecule has 3 N–H and O–H groups in total. The van der Waals surface area contributed by atoms with Crippen molar-refractivity contribution in [2.45, 2.75) is 95.0 Å². The number of para-hydroxylation sites is 1. The second-order valence-electron chi connectivity index (χ2n) is 12.6. The monoisotopic (exact) mass is 577 g/mol. The smallest absolute Gasteiger partial charge is 0.246 e. The molecule has 1 spiro atoms. The lowest BCUT2D eigenvalue weighted by atomic mass is 9.70. The number of likely N-dealkylation sites (tertiary alicyclic amines) is 1. The molecule has 3 aliphatic heterocycles. The lowest BCUT2D eigenvalue weighted by Crippen LogP contribution is -2.61. The minimum absolute atomic E-state index is 0.0241. The van der Waals surface area contributed by atoms with Crippen molar-refractivity contribution in [2.75, 3.05) is 11.9 Å². The summed E-state index contributed by atoms with van der Waals surface area (Å²) in [4.78, 5) is 43.0. The van der Waals surface area contributed by atoms with Gasteiger partial charge in [0.1, 0.15) is 11.6 Å². The number of carbonyl (C=O) groups is 3. The number of fused-ring (bicyclic) bond motifs is 1. The summed E-state index contributed by atoms with van der Waals surface area (Å²) in [5, 5.41) is 16.3. The lowest BCUT2D eigenvalue weighted by molar-refractivity contribution is -0.146. The molecule has 0 radical (unpaired) electrons. The van der Waals surface area contributed by atoms with Gasteiger partial charge in [-0.3, -0.25) is 14.4 Å². The SMILES string of the molecule is CC[C@@H](CO)N1C(=O)[C@@H]2[C@H](C(=O)Nc3ccccc3)[C@H]3OC2(CC3Br)C1C(=O)NC(C)(C)CC(C)(C)C. The van der Waals surface area contributed by atoms with Crippen molar-refractivity contribution in [3.63, 3.8) is 0 Å². The van der Waals surface area contributed by atoms with E-state index in [2.05, 4.69) is 47.3 Å². The molecule has 8 nitrogen and oxygen atoms in total. The summed E-state index contributed by atoms with van der Waals surface area (Å²) in [6.07, 6.45) is 1.10. The third-order valence-corrected chi connectivity index (χ3v) is 8.67. The molecule has 2 bridgehead atoms. The second-order valence-corrected chi connectivity index (χ2v) is 13.8. The van der Waals surface area contributed by atoms with E-state index in [1.165, 1.54) is 4.90 Å². The zero-order valence-corrected chi connectivity index (χ0v) is 24.2. The Kier molecular flexibility index (Phi) is 7.56. The van der Waals surface area contributed by atoms with E-state index in [0.717, 1.165) is 6.42 Å². The number of nitrogens with zero attached hydrogens (tertiary/aromatic N) is 1. The Bertz CT molecular complexity index is 1040. The van der Waals surface area contributed by atoms with E-state index in [0.29, 0.717) is 18.5 Å². The minimum Gasteiger partial charge on any atom is -0.394 e. The summed E-state index contributed by atoms with van der Waals surface area (Å²) >= 11 is 3.69. The summed E-state index contributed by atoms with van der Waals surface area (Å²) in [6.45, 7) is 11.9. The first-order valence-corrected chi connectivity index (χ1v) is 14.1. The molecule has 0 saturated carbocycles. The molecule has 7 atom stereocenters. The predicted octanol–water partition coefficient (Wildman–Crippen LogP) is 3.48. The number of aliphatic hydroxyl groups excluding tert-OH is 1. The van der Waals surface area contributed by atoms with Gasteiger partial charge in [0.2, 0.25) is 17.7 Å². The van der Waals surface area contributed by atoms with Crippen LogP contribution in [0.3, 0.4) is 0 Å². The van der Waals surface area contributed by atoms with Gasteiger partial charge in [-0.2, -0.15) is 0 Å². The highest BCUT2D eigenvalue weighted by atomic mass is 79.9. The molecule has 3 amide bonds. The normalized spacial score (nSPS) is 31.8. The summed E-state index contributed by atoms with van der Waals surface area (Å²) in [5.41, 5.74) is -1.07. The predicted molar refractivity (Wildman–Crippen MR) is 145 cm³/mol. The van der Waals surface area contributed by atoms with Crippen molar-refractivity contribution < 1.29 is 24.2 Å². The maximum absolute atomic E-state index is 14.1. The number of benzene rings is 1. The fraction of sp³-hybridized carbons (Fsp3) is 0.679. The quantitative estimate of drug-likeness (QED) is 0.410. The van der Waals surface area contributed by atoms with Gasteiger partial charge >= 0.3 is 0 Å². The zero-order chi connectivity index (χ0) is 27.3. The highest BCUT2D eigenvalue weighted by Crippen LogP contribution is 2.60. The summed E-state index contributed by atoms with van der Waals surface area (Å²) in [6, 6.07) is 7.62. The maximum atomic E-state index is 14.1. The van der Waals surface area contributed by atoms with Gasteiger partial charge in [0.25, 0.3) is 0 Å². The molecular weight excluding hydrogens is 538 g/mol. The Balaban J connectivity index is 1.72. The van der Waals surface area contributed by atoms with Gasteiger partial charge in [-0.05, 0) is 50.7 Å². The molecule has 37 heavy (non-hydrogen) atoms. The van der Waals surface area contributed by atoms with E-state index in [9.17, 15) is 19.5 Å². The lowest BCUT2D eigenvalue weighted by Gasteiger charge is -2.40. The highest BCUT2D eigenvalue weighted by Gasteiger charge is 2.77. The van der Waals surface area contributed by atoms with E-state index in [4.69, 9.17) is 4.74 Å². The summed E-state index contributed by atoms with van der Waals surface area (Å²) < 4.78 is 6.54. The molecule has 204 valence electrons. The molecule has 3 aliphatic rings. The van der Waals surface area contributed by atoms with Crippen molar-refractivity contribution in [3.8, 4) is 0 Å². The third-order valence-electron chi connectivity index (χ3n) is 7.83. The number of anilines is 1. The third kappa shape index (κ3) is 5.06. The highest BCUT2D eigenvalue weighted by molar-refractivity contribution is 9.09. The number of hydrogen-bond donors (Lipinski definition) is 3.